The van der Waals surface area contributed by atoms with E-state index in [-0.39, 0.29) is 0 Å². The maximum absolute atomic E-state index is 5.97. The zero-order valence-electron chi connectivity index (χ0n) is 17.9. The van der Waals surface area contributed by atoms with Crippen molar-refractivity contribution in [3.05, 3.63) is 47.2 Å². The lowest BCUT2D eigenvalue weighted by Gasteiger charge is -2.39. The average molecular weight is 429 g/mol. The Bertz CT molecular complexity index is 816. The van der Waals surface area contributed by atoms with Crippen molar-refractivity contribution < 1.29 is 0 Å². The summed E-state index contributed by atoms with van der Waals surface area (Å²) in [4.78, 5) is 7.14. The van der Waals surface area contributed by atoms with Crippen LogP contribution < -0.4 is 10.6 Å². The lowest BCUT2D eigenvalue weighted by Crippen LogP contribution is -2.50. The quantitative estimate of drug-likeness (QED) is 0.558. The highest BCUT2D eigenvalue weighted by Gasteiger charge is 2.26. The van der Waals surface area contributed by atoms with E-state index in [1.807, 2.05) is 48.4 Å². The van der Waals surface area contributed by atoms with Gasteiger partial charge in [-0.1, -0.05) is 30.9 Å². The maximum atomic E-state index is 5.97. The molecule has 1 aromatic carbocycles. The summed E-state index contributed by atoms with van der Waals surface area (Å²) in [5.41, 5.74) is 2.11. The number of aliphatic imine (C=N–C) groups is 1. The third-order valence-electron chi connectivity index (χ3n) is 6.37. The van der Waals surface area contributed by atoms with Gasteiger partial charge in [-0.15, -0.1) is 0 Å². The number of hydrogen-bond donors (Lipinski definition) is 2. The number of guanidine groups is 1. The minimum absolute atomic E-state index is 0.493. The van der Waals surface area contributed by atoms with Crippen LogP contribution in [0.4, 0.5) is 0 Å². The van der Waals surface area contributed by atoms with Gasteiger partial charge < -0.3 is 15.5 Å². The van der Waals surface area contributed by atoms with Crippen LogP contribution in [-0.2, 0) is 6.54 Å². The van der Waals surface area contributed by atoms with Crippen molar-refractivity contribution in [2.24, 2.45) is 4.99 Å². The minimum Gasteiger partial charge on any atom is -0.354 e. The molecule has 2 aromatic rings. The molecule has 0 unspecified atom stereocenters. The van der Waals surface area contributed by atoms with E-state index in [1.165, 1.54) is 58.0 Å². The molecular weight excluding hydrogens is 396 g/mol. The number of aromatic nitrogens is 2. The summed E-state index contributed by atoms with van der Waals surface area (Å²) >= 11 is 5.97. The van der Waals surface area contributed by atoms with Gasteiger partial charge in [0.1, 0.15) is 0 Å². The predicted octanol–water partition coefficient (Wildman–Crippen LogP) is 3.99. The van der Waals surface area contributed by atoms with Gasteiger partial charge in [-0.05, 0) is 49.9 Å². The van der Waals surface area contributed by atoms with E-state index in [4.69, 9.17) is 11.6 Å². The van der Waals surface area contributed by atoms with Crippen LogP contribution in [0.1, 0.15) is 50.5 Å². The lowest BCUT2D eigenvalue weighted by molar-refractivity contribution is 0.119. The zero-order chi connectivity index (χ0) is 20.8. The Labute approximate surface area is 184 Å². The van der Waals surface area contributed by atoms with Crippen LogP contribution in [0.3, 0.4) is 0 Å². The summed E-state index contributed by atoms with van der Waals surface area (Å²) in [6.07, 6.45) is 13.3. The fourth-order valence-electron chi connectivity index (χ4n) is 4.62. The standard InChI is InChI=1S/C23H33ClN6/c1-25-23(28-20-11-13-29(14-12-20)21-5-3-2-4-6-21)26-15-18-16-27-30(17-18)22-9-7-19(24)8-10-22/h7-10,16-17,20-21H,2-6,11-15H2,1H3,(H2,25,26,28). The minimum atomic E-state index is 0.493. The van der Waals surface area contributed by atoms with E-state index in [9.17, 15) is 0 Å². The molecule has 162 valence electrons. The second-order valence-electron chi connectivity index (χ2n) is 8.44. The normalized spacial score (nSPS) is 19.7. The van der Waals surface area contributed by atoms with Gasteiger partial charge in [-0.25, -0.2) is 4.68 Å². The van der Waals surface area contributed by atoms with Crippen LogP contribution in [0.2, 0.25) is 5.02 Å². The number of likely N-dealkylation sites (tertiary alicyclic amines) is 1. The van der Waals surface area contributed by atoms with E-state index in [0.29, 0.717) is 12.6 Å². The van der Waals surface area contributed by atoms with Crippen LogP contribution in [-0.4, -0.2) is 52.9 Å². The van der Waals surface area contributed by atoms with E-state index in [2.05, 4.69) is 25.6 Å². The Morgan fingerprint density at radius 2 is 1.83 bits per heavy atom. The fraction of sp³-hybridized carbons (Fsp3) is 0.565. The number of nitrogens with one attached hydrogen (secondary N) is 2. The highest BCUT2D eigenvalue weighted by Crippen LogP contribution is 2.25. The number of rotatable bonds is 5. The van der Waals surface area contributed by atoms with Crippen molar-refractivity contribution in [3.8, 4) is 5.69 Å². The molecule has 2 aliphatic rings. The average Bonchev–Trinajstić information content (AvgIpc) is 3.27. The number of nitrogens with zero attached hydrogens (tertiary/aromatic N) is 4. The smallest absolute Gasteiger partial charge is 0.191 e. The molecule has 6 nitrogen and oxygen atoms in total. The Morgan fingerprint density at radius 3 is 2.53 bits per heavy atom. The molecule has 4 rings (SSSR count). The molecule has 1 saturated heterocycles. The fourth-order valence-corrected chi connectivity index (χ4v) is 4.74. The molecule has 1 aliphatic carbocycles. The van der Waals surface area contributed by atoms with E-state index < -0.39 is 0 Å². The Kier molecular flexibility index (Phi) is 7.28. The zero-order valence-corrected chi connectivity index (χ0v) is 18.6. The summed E-state index contributed by atoms with van der Waals surface area (Å²) in [5, 5.41) is 12.2. The second-order valence-corrected chi connectivity index (χ2v) is 8.88. The second kappa shape index (κ2) is 10.3. The molecule has 0 spiro atoms. The molecule has 2 N–H and O–H groups in total. The number of halogens is 1. The molecule has 0 radical (unpaired) electrons. The molecule has 2 heterocycles. The molecule has 1 aromatic heterocycles. The van der Waals surface area contributed by atoms with Crippen LogP contribution in [0.25, 0.3) is 5.69 Å². The highest BCUT2D eigenvalue weighted by molar-refractivity contribution is 6.30. The van der Waals surface area contributed by atoms with Gasteiger partial charge in [0.05, 0.1) is 11.9 Å². The number of piperidine rings is 1. The maximum Gasteiger partial charge on any atom is 0.191 e. The van der Waals surface area contributed by atoms with Crippen molar-refractivity contribution in [1.29, 1.82) is 0 Å². The van der Waals surface area contributed by atoms with E-state index in [1.54, 1.807) is 0 Å². The molecule has 1 aliphatic heterocycles. The van der Waals surface area contributed by atoms with Gasteiger partial charge >= 0.3 is 0 Å². The molecule has 1 saturated carbocycles. The summed E-state index contributed by atoms with van der Waals surface area (Å²) in [7, 11) is 1.84. The lowest BCUT2D eigenvalue weighted by atomic mass is 9.92. The molecule has 0 bridgehead atoms. The first kappa shape index (κ1) is 21.2. The van der Waals surface area contributed by atoms with E-state index >= 15 is 0 Å². The molecule has 0 amide bonds. The molecule has 7 heteroatoms. The molecular formula is C23H33ClN6. The van der Waals surface area contributed by atoms with Gasteiger partial charge in [0, 0.05) is 55.5 Å². The monoisotopic (exact) mass is 428 g/mol. The van der Waals surface area contributed by atoms with Gasteiger partial charge in [0.25, 0.3) is 0 Å². The summed E-state index contributed by atoms with van der Waals surface area (Å²) in [6.45, 7) is 3.09. The first-order valence-electron chi connectivity index (χ1n) is 11.2. The van der Waals surface area contributed by atoms with Crippen molar-refractivity contribution in [1.82, 2.24) is 25.3 Å². The van der Waals surface area contributed by atoms with Crippen molar-refractivity contribution in [2.45, 2.75) is 63.6 Å². The van der Waals surface area contributed by atoms with Gasteiger partial charge in [-0.3, -0.25) is 4.99 Å². The number of benzene rings is 1. The van der Waals surface area contributed by atoms with Crippen LogP contribution >= 0.6 is 11.6 Å². The summed E-state index contributed by atoms with van der Waals surface area (Å²) in [6, 6.07) is 9.01. The molecule has 30 heavy (non-hydrogen) atoms. The van der Waals surface area contributed by atoms with Gasteiger partial charge in [0.2, 0.25) is 0 Å². The summed E-state index contributed by atoms with van der Waals surface area (Å²) in [5.74, 6) is 0.866. The predicted molar refractivity (Wildman–Crippen MR) is 123 cm³/mol. The third-order valence-corrected chi connectivity index (χ3v) is 6.62. The van der Waals surface area contributed by atoms with Crippen LogP contribution in [0.5, 0.6) is 0 Å². The molecule has 2 fully saturated rings. The molecule has 0 atom stereocenters. The SMILES string of the molecule is CN=C(NCc1cnn(-c2ccc(Cl)cc2)c1)NC1CCN(C2CCCCC2)CC1. The van der Waals surface area contributed by atoms with Gasteiger partial charge in [-0.2, -0.15) is 5.10 Å². The first-order valence-corrected chi connectivity index (χ1v) is 11.6. The van der Waals surface area contributed by atoms with Crippen molar-refractivity contribution >= 4 is 17.6 Å². The van der Waals surface area contributed by atoms with Crippen LogP contribution in [0.15, 0.2) is 41.7 Å². The number of hydrogen-bond acceptors (Lipinski definition) is 3. The Morgan fingerprint density at radius 1 is 1.10 bits per heavy atom. The van der Waals surface area contributed by atoms with Gasteiger partial charge in [0.15, 0.2) is 5.96 Å². The van der Waals surface area contributed by atoms with Crippen molar-refractivity contribution in [2.75, 3.05) is 20.1 Å². The third kappa shape index (κ3) is 5.55. The largest absolute Gasteiger partial charge is 0.354 e. The Hall–Kier alpha value is -2.05. The Balaban J connectivity index is 1.23. The first-order chi connectivity index (χ1) is 14.7. The highest BCUT2D eigenvalue weighted by atomic mass is 35.5. The summed E-state index contributed by atoms with van der Waals surface area (Å²) < 4.78 is 1.87. The van der Waals surface area contributed by atoms with E-state index in [0.717, 1.165) is 28.3 Å². The van der Waals surface area contributed by atoms with Crippen molar-refractivity contribution in [3.63, 3.8) is 0 Å². The topological polar surface area (TPSA) is 57.5 Å². The van der Waals surface area contributed by atoms with Crippen LogP contribution in [0, 0.1) is 0 Å².